The molecule has 0 amide bonds. The number of hydrogen-bond donors (Lipinski definition) is 1. The number of para-hydroxylation sites is 2. The van der Waals surface area contributed by atoms with E-state index in [0.717, 1.165) is 28.4 Å². The lowest BCUT2D eigenvalue weighted by Crippen LogP contribution is -1.94. The fraction of sp³-hybridized carbons (Fsp3) is 0.0714. The third-order valence-electron chi connectivity index (χ3n) is 2.78. The summed E-state index contributed by atoms with van der Waals surface area (Å²) in [5.41, 5.74) is 4.03. The topological polar surface area (TPSA) is 33.6 Å². The van der Waals surface area contributed by atoms with Crippen LogP contribution in [0.2, 0.25) is 0 Å². The van der Waals surface area contributed by atoms with Crippen LogP contribution in [0.1, 0.15) is 5.56 Å². The summed E-state index contributed by atoms with van der Waals surface area (Å²) < 4.78 is 5.22. The van der Waals surface area contributed by atoms with E-state index in [-0.39, 0.29) is 0 Å². The summed E-state index contributed by atoms with van der Waals surface area (Å²) in [5, 5.41) is 3.37. The van der Waals surface area contributed by atoms with Crippen molar-refractivity contribution in [2.45, 2.75) is 0 Å². The Hall–Kier alpha value is -2.29. The van der Waals surface area contributed by atoms with E-state index in [0.29, 0.717) is 0 Å². The first-order valence-corrected chi connectivity index (χ1v) is 5.45. The minimum atomic E-state index is 0.837. The Morgan fingerprint density at radius 3 is 2.82 bits per heavy atom. The van der Waals surface area contributed by atoms with Gasteiger partial charge >= 0.3 is 0 Å². The molecule has 0 fully saturated rings. The van der Waals surface area contributed by atoms with Gasteiger partial charge in [-0.05, 0) is 24.3 Å². The molecule has 1 aliphatic rings. The van der Waals surface area contributed by atoms with E-state index in [1.807, 2.05) is 48.7 Å². The first-order chi connectivity index (χ1) is 8.36. The summed E-state index contributed by atoms with van der Waals surface area (Å²) in [7, 11) is 1.67. The summed E-state index contributed by atoms with van der Waals surface area (Å²) in [5.74, 6) is 0.837. The number of rotatable bonds is 1. The normalized spacial score (nSPS) is 12.1. The summed E-state index contributed by atoms with van der Waals surface area (Å²) in [6, 6.07) is 13.9. The highest BCUT2D eigenvalue weighted by Gasteiger charge is 2.09. The molecule has 3 rings (SSSR count). The average molecular weight is 224 g/mol. The van der Waals surface area contributed by atoms with Crippen LogP contribution < -0.4 is 10.1 Å². The number of methoxy groups -OCH3 is 1. The minimum absolute atomic E-state index is 0.837. The first kappa shape index (κ1) is 9.90. The number of hydrogen-bond acceptors (Lipinski definition) is 3. The van der Waals surface area contributed by atoms with Crippen molar-refractivity contribution in [1.29, 1.82) is 0 Å². The van der Waals surface area contributed by atoms with E-state index in [2.05, 4.69) is 10.3 Å². The maximum Gasteiger partial charge on any atom is 0.120 e. The quantitative estimate of drug-likeness (QED) is 0.686. The molecule has 1 N–H and O–H groups in total. The first-order valence-electron chi connectivity index (χ1n) is 5.45. The standard InChI is InChI=1S/C14H12N2O/c1-17-11-7-6-10-9-15-12-4-2-3-5-13(12)16-14(10)8-11/h2-9,16H,1H3. The molecular formula is C14H12N2O. The molecule has 0 spiro atoms. The number of anilines is 2. The van der Waals surface area contributed by atoms with Gasteiger partial charge in [-0.1, -0.05) is 12.1 Å². The monoisotopic (exact) mass is 224 g/mol. The van der Waals surface area contributed by atoms with Gasteiger partial charge in [-0.15, -0.1) is 0 Å². The molecule has 84 valence electrons. The lowest BCUT2D eigenvalue weighted by Gasteiger charge is -2.09. The van der Waals surface area contributed by atoms with Crippen LogP contribution in [0.3, 0.4) is 0 Å². The van der Waals surface area contributed by atoms with Crippen LogP contribution in [0.25, 0.3) is 0 Å². The molecule has 0 saturated carbocycles. The van der Waals surface area contributed by atoms with Crippen molar-refractivity contribution < 1.29 is 4.74 Å². The second-order valence-electron chi connectivity index (χ2n) is 3.85. The number of benzene rings is 2. The minimum Gasteiger partial charge on any atom is -0.497 e. The van der Waals surface area contributed by atoms with Crippen LogP contribution >= 0.6 is 0 Å². The van der Waals surface area contributed by atoms with Gasteiger partial charge in [0.2, 0.25) is 0 Å². The molecule has 17 heavy (non-hydrogen) atoms. The van der Waals surface area contributed by atoms with Gasteiger partial charge in [-0.2, -0.15) is 0 Å². The van der Waals surface area contributed by atoms with E-state index in [9.17, 15) is 0 Å². The number of nitrogens with zero attached hydrogens (tertiary/aromatic N) is 1. The van der Waals surface area contributed by atoms with Crippen molar-refractivity contribution in [2.75, 3.05) is 12.4 Å². The molecule has 2 aromatic carbocycles. The zero-order chi connectivity index (χ0) is 11.7. The summed E-state index contributed by atoms with van der Waals surface area (Å²) in [6.45, 7) is 0. The smallest absolute Gasteiger partial charge is 0.120 e. The Labute approximate surface area is 99.8 Å². The Balaban J connectivity index is 2.12. The Bertz CT molecular complexity index is 591. The molecule has 2 aromatic rings. The Morgan fingerprint density at radius 1 is 1.06 bits per heavy atom. The van der Waals surface area contributed by atoms with E-state index in [4.69, 9.17) is 4.74 Å². The van der Waals surface area contributed by atoms with Crippen molar-refractivity contribution in [3.63, 3.8) is 0 Å². The predicted molar refractivity (Wildman–Crippen MR) is 70.0 cm³/mol. The molecule has 1 aliphatic heterocycles. The van der Waals surface area contributed by atoms with Gasteiger partial charge < -0.3 is 10.1 Å². The van der Waals surface area contributed by atoms with Gasteiger partial charge in [0.15, 0.2) is 0 Å². The summed E-state index contributed by atoms with van der Waals surface area (Å²) in [6.07, 6.45) is 1.87. The highest BCUT2D eigenvalue weighted by Crippen LogP contribution is 2.33. The third kappa shape index (κ3) is 1.76. The van der Waals surface area contributed by atoms with Crippen LogP contribution in [0.15, 0.2) is 47.5 Å². The number of nitrogens with one attached hydrogen (secondary N) is 1. The fourth-order valence-corrected chi connectivity index (χ4v) is 1.86. The molecular weight excluding hydrogens is 212 g/mol. The molecule has 0 atom stereocenters. The Kier molecular flexibility index (Phi) is 2.29. The molecule has 0 saturated heterocycles. The number of aliphatic imine (C=N–C) groups is 1. The molecule has 3 heteroatoms. The van der Waals surface area contributed by atoms with E-state index in [1.54, 1.807) is 7.11 Å². The fourth-order valence-electron chi connectivity index (χ4n) is 1.86. The van der Waals surface area contributed by atoms with Gasteiger partial charge in [-0.3, -0.25) is 4.99 Å². The van der Waals surface area contributed by atoms with Crippen LogP contribution in [0.4, 0.5) is 17.1 Å². The molecule has 1 heterocycles. The highest BCUT2D eigenvalue weighted by molar-refractivity contribution is 5.95. The maximum absolute atomic E-state index is 5.22. The zero-order valence-corrected chi connectivity index (χ0v) is 9.47. The summed E-state index contributed by atoms with van der Waals surface area (Å²) in [4.78, 5) is 4.46. The zero-order valence-electron chi connectivity index (χ0n) is 9.47. The predicted octanol–water partition coefficient (Wildman–Crippen LogP) is 3.50. The highest BCUT2D eigenvalue weighted by atomic mass is 16.5. The molecule has 0 aromatic heterocycles. The van der Waals surface area contributed by atoms with Gasteiger partial charge in [0.25, 0.3) is 0 Å². The molecule has 0 aliphatic carbocycles. The van der Waals surface area contributed by atoms with Gasteiger partial charge in [0.1, 0.15) is 5.75 Å². The lowest BCUT2D eigenvalue weighted by atomic mass is 10.2. The van der Waals surface area contributed by atoms with Crippen molar-refractivity contribution in [3.05, 3.63) is 48.0 Å². The van der Waals surface area contributed by atoms with Crippen LogP contribution in [0.5, 0.6) is 5.75 Å². The van der Waals surface area contributed by atoms with Gasteiger partial charge in [-0.25, -0.2) is 0 Å². The second-order valence-corrected chi connectivity index (χ2v) is 3.85. The lowest BCUT2D eigenvalue weighted by molar-refractivity contribution is 0.415. The van der Waals surface area contributed by atoms with Gasteiger partial charge in [0.05, 0.1) is 24.2 Å². The number of fused-ring (bicyclic) bond motifs is 2. The second kappa shape index (κ2) is 3.94. The molecule has 0 unspecified atom stereocenters. The van der Waals surface area contributed by atoms with Gasteiger partial charge in [0, 0.05) is 17.8 Å². The largest absolute Gasteiger partial charge is 0.497 e. The van der Waals surface area contributed by atoms with Crippen LogP contribution in [0, 0.1) is 0 Å². The number of ether oxygens (including phenoxy) is 1. The van der Waals surface area contributed by atoms with E-state index in [1.165, 1.54) is 0 Å². The van der Waals surface area contributed by atoms with Crippen molar-refractivity contribution >= 4 is 23.3 Å². The van der Waals surface area contributed by atoms with E-state index < -0.39 is 0 Å². The SMILES string of the molecule is COc1ccc2c(c1)Nc1ccccc1N=C2. The molecule has 0 radical (unpaired) electrons. The van der Waals surface area contributed by atoms with Crippen molar-refractivity contribution in [1.82, 2.24) is 0 Å². The van der Waals surface area contributed by atoms with Crippen molar-refractivity contribution in [2.24, 2.45) is 4.99 Å². The van der Waals surface area contributed by atoms with Crippen molar-refractivity contribution in [3.8, 4) is 5.75 Å². The summed E-state index contributed by atoms with van der Waals surface area (Å²) >= 11 is 0. The molecule has 0 bridgehead atoms. The third-order valence-corrected chi connectivity index (χ3v) is 2.78. The van der Waals surface area contributed by atoms with Crippen LogP contribution in [-0.2, 0) is 0 Å². The van der Waals surface area contributed by atoms with Crippen LogP contribution in [-0.4, -0.2) is 13.3 Å². The van der Waals surface area contributed by atoms with E-state index >= 15 is 0 Å². The molecule has 3 nitrogen and oxygen atoms in total. The Morgan fingerprint density at radius 2 is 1.94 bits per heavy atom. The average Bonchev–Trinajstić information content (AvgIpc) is 2.56. The maximum atomic E-state index is 5.22.